The molecule has 0 saturated carbocycles. The fourth-order valence-corrected chi connectivity index (χ4v) is 3.33. The second-order valence-corrected chi connectivity index (χ2v) is 6.69. The van der Waals surface area contributed by atoms with Gasteiger partial charge < -0.3 is 9.84 Å². The molecular weight excluding hydrogens is 376 g/mol. The zero-order chi connectivity index (χ0) is 20.9. The third-order valence-corrected chi connectivity index (χ3v) is 4.72. The second-order valence-electron chi connectivity index (χ2n) is 6.69. The molecule has 0 aliphatic heterocycles. The molecule has 1 N–H and O–H groups in total. The quantitative estimate of drug-likeness (QED) is 0.336. The molecule has 0 unspecified atom stereocenters. The molecule has 0 bridgehead atoms. The van der Waals surface area contributed by atoms with E-state index < -0.39 is 11.9 Å². The molecule has 30 heavy (non-hydrogen) atoms. The van der Waals surface area contributed by atoms with Crippen LogP contribution in [0.15, 0.2) is 103 Å². The van der Waals surface area contributed by atoms with Gasteiger partial charge in [-0.2, -0.15) is 0 Å². The normalized spacial score (nSPS) is 10.4. The summed E-state index contributed by atoms with van der Waals surface area (Å²) in [5.74, 6) is -1.55. The van der Waals surface area contributed by atoms with Crippen molar-refractivity contribution in [2.24, 2.45) is 0 Å². The molecule has 0 saturated heterocycles. The first-order valence-corrected chi connectivity index (χ1v) is 9.43. The predicted molar refractivity (Wildman–Crippen MR) is 116 cm³/mol. The molecule has 0 aliphatic rings. The van der Waals surface area contributed by atoms with Gasteiger partial charge in [0.25, 0.3) is 0 Å². The summed E-state index contributed by atoms with van der Waals surface area (Å²) in [6, 6.07) is 30.7. The Morgan fingerprint density at radius 3 is 1.73 bits per heavy atom. The van der Waals surface area contributed by atoms with Crippen molar-refractivity contribution >= 4 is 11.9 Å². The van der Waals surface area contributed by atoms with Gasteiger partial charge in [-0.15, -0.1) is 0 Å². The summed E-state index contributed by atoms with van der Waals surface area (Å²) in [5.41, 5.74) is 2.71. The molecule has 146 valence electrons. The van der Waals surface area contributed by atoms with Gasteiger partial charge in [0.15, 0.2) is 0 Å². The van der Waals surface area contributed by atoms with Gasteiger partial charge in [0.05, 0.1) is 11.1 Å². The second kappa shape index (κ2) is 8.45. The van der Waals surface area contributed by atoms with Gasteiger partial charge in [0.1, 0.15) is 5.75 Å². The van der Waals surface area contributed by atoms with Gasteiger partial charge in [0.2, 0.25) is 0 Å². The summed E-state index contributed by atoms with van der Waals surface area (Å²) < 4.78 is 5.47. The Labute approximate surface area is 174 Å². The molecule has 4 heteroatoms. The van der Waals surface area contributed by atoms with Crippen LogP contribution in [0.25, 0.3) is 22.3 Å². The topological polar surface area (TPSA) is 63.6 Å². The zero-order valence-electron chi connectivity index (χ0n) is 16.0. The first kappa shape index (κ1) is 19.2. The van der Waals surface area contributed by atoms with Crippen LogP contribution < -0.4 is 4.74 Å². The van der Waals surface area contributed by atoms with Gasteiger partial charge in [-0.05, 0) is 46.5 Å². The average Bonchev–Trinajstić information content (AvgIpc) is 2.80. The van der Waals surface area contributed by atoms with Gasteiger partial charge in [-0.3, -0.25) is 0 Å². The van der Waals surface area contributed by atoms with Crippen LogP contribution in [-0.2, 0) is 0 Å². The number of para-hydroxylation sites is 1. The summed E-state index contributed by atoms with van der Waals surface area (Å²) in [6.45, 7) is 0. The minimum absolute atomic E-state index is 0.00607. The van der Waals surface area contributed by atoms with Crippen LogP contribution in [-0.4, -0.2) is 17.0 Å². The molecular formula is C26H18O4. The van der Waals surface area contributed by atoms with Gasteiger partial charge in [-0.25, -0.2) is 9.59 Å². The molecule has 0 radical (unpaired) electrons. The highest BCUT2D eigenvalue weighted by atomic mass is 16.5. The lowest BCUT2D eigenvalue weighted by molar-refractivity contribution is 0.0668. The predicted octanol–water partition coefficient (Wildman–Crippen LogP) is 5.94. The summed E-state index contributed by atoms with van der Waals surface area (Å²) in [7, 11) is 0. The minimum atomic E-state index is -1.19. The van der Waals surface area contributed by atoms with Crippen molar-refractivity contribution in [3.63, 3.8) is 0 Å². The van der Waals surface area contributed by atoms with Crippen LogP contribution in [0.3, 0.4) is 0 Å². The number of hydrogen-bond donors (Lipinski definition) is 1. The lowest BCUT2D eigenvalue weighted by Crippen LogP contribution is -2.15. The van der Waals surface area contributed by atoms with E-state index in [2.05, 4.69) is 0 Å². The maximum atomic E-state index is 13.0. The lowest BCUT2D eigenvalue weighted by atomic mass is 9.90. The third-order valence-electron chi connectivity index (χ3n) is 4.72. The fourth-order valence-electron chi connectivity index (χ4n) is 3.33. The molecule has 0 aromatic heterocycles. The number of rotatable bonds is 5. The molecule has 4 aromatic carbocycles. The van der Waals surface area contributed by atoms with E-state index in [9.17, 15) is 14.7 Å². The molecule has 0 aliphatic carbocycles. The Morgan fingerprint density at radius 2 is 1.17 bits per heavy atom. The fraction of sp³-hybridized carbons (Fsp3) is 0. The van der Waals surface area contributed by atoms with Crippen molar-refractivity contribution in [1.29, 1.82) is 0 Å². The number of ether oxygens (including phenoxy) is 1. The van der Waals surface area contributed by atoms with E-state index >= 15 is 0 Å². The molecule has 4 nitrogen and oxygen atoms in total. The zero-order valence-corrected chi connectivity index (χ0v) is 16.0. The van der Waals surface area contributed by atoms with E-state index in [4.69, 9.17) is 4.74 Å². The molecule has 0 spiro atoms. The number of aromatic carboxylic acids is 1. The average molecular weight is 394 g/mol. The highest BCUT2D eigenvalue weighted by Gasteiger charge is 2.24. The summed E-state index contributed by atoms with van der Waals surface area (Å²) in [5, 5.41) is 9.98. The van der Waals surface area contributed by atoms with Gasteiger partial charge in [0, 0.05) is 0 Å². The molecule has 4 aromatic rings. The first-order valence-electron chi connectivity index (χ1n) is 9.43. The smallest absolute Gasteiger partial charge is 0.344 e. The maximum absolute atomic E-state index is 13.0. The number of carbonyl (C=O) groups is 2. The third kappa shape index (κ3) is 3.98. The number of esters is 1. The summed E-state index contributed by atoms with van der Waals surface area (Å²) >= 11 is 0. The van der Waals surface area contributed by atoms with Crippen molar-refractivity contribution in [2.75, 3.05) is 0 Å². The van der Waals surface area contributed by atoms with Crippen LogP contribution in [0, 0.1) is 0 Å². The van der Waals surface area contributed by atoms with Crippen LogP contribution in [0.4, 0.5) is 0 Å². The highest BCUT2D eigenvalue weighted by Crippen LogP contribution is 2.33. The molecule has 4 rings (SSSR count). The van der Waals surface area contributed by atoms with Crippen molar-refractivity contribution in [2.45, 2.75) is 0 Å². The van der Waals surface area contributed by atoms with Crippen LogP contribution >= 0.6 is 0 Å². The largest absolute Gasteiger partial charge is 0.478 e. The monoisotopic (exact) mass is 394 g/mol. The van der Waals surface area contributed by atoms with Crippen molar-refractivity contribution < 1.29 is 19.4 Å². The Balaban J connectivity index is 1.92. The summed E-state index contributed by atoms with van der Waals surface area (Å²) in [4.78, 5) is 25.2. The number of carboxylic acid groups (broad SMARTS) is 1. The highest BCUT2D eigenvalue weighted by molar-refractivity contribution is 6.09. The van der Waals surface area contributed by atoms with Crippen LogP contribution in [0.2, 0.25) is 0 Å². The van der Waals surface area contributed by atoms with Gasteiger partial charge >= 0.3 is 11.9 Å². The van der Waals surface area contributed by atoms with E-state index in [1.807, 2.05) is 66.7 Å². The minimum Gasteiger partial charge on any atom is -0.478 e. The molecule has 0 heterocycles. The van der Waals surface area contributed by atoms with E-state index in [1.165, 1.54) is 0 Å². The number of carbonyl (C=O) groups excluding carboxylic acids is 1. The standard InChI is InChI=1S/C26H18O4/c27-25(28)24-22(19-12-6-2-7-13-19)16-20(18-10-4-1-5-11-18)17-23(24)26(29)30-21-14-8-3-9-15-21/h1-17H,(H,27,28). The number of hydrogen-bond acceptors (Lipinski definition) is 3. The summed E-state index contributed by atoms with van der Waals surface area (Å²) in [6.07, 6.45) is 0. The van der Waals surface area contributed by atoms with Crippen molar-refractivity contribution in [1.82, 2.24) is 0 Å². The van der Waals surface area contributed by atoms with Crippen LogP contribution in [0.1, 0.15) is 20.7 Å². The Bertz CT molecular complexity index is 1180. The Kier molecular flexibility index (Phi) is 5.39. The van der Waals surface area contributed by atoms with E-state index in [0.717, 1.165) is 11.1 Å². The van der Waals surface area contributed by atoms with Crippen molar-refractivity contribution in [3.8, 4) is 28.0 Å². The van der Waals surface area contributed by atoms with Crippen LogP contribution in [0.5, 0.6) is 5.75 Å². The maximum Gasteiger partial charge on any atom is 0.344 e. The Hall–Kier alpha value is -4.18. The first-order chi connectivity index (χ1) is 14.6. The van der Waals surface area contributed by atoms with E-state index in [-0.39, 0.29) is 11.1 Å². The van der Waals surface area contributed by atoms with E-state index in [0.29, 0.717) is 16.9 Å². The van der Waals surface area contributed by atoms with Crippen molar-refractivity contribution in [3.05, 3.63) is 114 Å². The van der Waals surface area contributed by atoms with Gasteiger partial charge in [-0.1, -0.05) is 78.9 Å². The lowest BCUT2D eigenvalue weighted by Gasteiger charge is -2.15. The number of benzene rings is 4. The molecule has 0 fully saturated rings. The SMILES string of the molecule is O=C(Oc1ccccc1)c1cc(-c2ccccc2)cc(-c2ccccc2)c1C(=O)O. The molecule has 0 atom stereocenters. The molecule has 0 amide bonds. The van der Waals surface area contributed by atoms with E-state index in [1.54, 1.807) is 36.4 Å². The Morgan fingerprint density at radius 1 is 0.633 bits per heavy atom. The number of carboxylic acids is 1.